The maximum atomic E-state index is 11.0. The van der Waals surface area contributed by atoms with E-state index < -0.39 is 5.97 Å². The van der Waals surface area contributed by atoms with Crippen molar-refractivity contribution < 1.29 is 19.4 Å². The summed E-state index contributed by atoms with van der Waals surface area (Å²) < 4.78 is 10.9. The summed E-state index contributed by atoms with van der Waals surface area (Å²) in [6.07, 6.45) is 0. The van der Waals surface area contributed by atoms with E-state index in [0.29, 0.717) is 11.5 Å². The summed E-state index contributed by atoms with van der Waals surface area (Å²) in [5.74, 6) is -0.179. The Kier molecular flexibility index (Phi) is 4.60. The fourth-order valence-corrected chi connectivity index (χ4v) is 1.96. The maximum Gasteiger partial charge on any atom is 0.335 e. The molecule has 0 saturated heterocycles. The van der Waals surface area contributed by atoms with E-state index in [0.717, 1.165) is 22.8 Å². The number of carbonyl (C=O) groups is 1. The topological polar surface area (TPSA) is 81.5 Å². The molecule has 0 bridgehead atoms. The van der Waals surface area contributed by atoms with Crippen LogP contribution in [0.5, 0.6) is 11.5 Å². The van der Waals surface area contributed by atoms with Gasteiger partial charge in [0.1, 0.15) is 6.61 Å². The summed E-state index contributed by atoms with van der Waals surface area (Å²) in [5.41, 5.74) is 3.45. The zero-order valence-electron chi connectivity index (χ0n) is 13.0. The average Bonchev–Trinajstić information content (AvgIpc) is 2.49. The molecule has 0 amide bonds. The van der Waals surface area contributed by atoms with Crippen LogP contribution in [0.25, 0.3) is 0 Å². The van der Waals surface area contributed by atoms with Gasteiger partial charge in [-0.2, -0.15) is 0 Å². The third-order valence-electron chi connectivity index (χ3n) is 3.35. The molecule has 116 valence electrons. The van der Waals surface area contributed by atoms with E-state index >= 15 is 0 Å². The molecule has 1 aromatic carbocycles. The maximum absolute atomic E-state index is 11.0. The molecule has 0 aliphatic carbocycles. The number of hydrogen-bond donors (Lipinski definition) is 1. The van der Waals surface area contributed by atoms with Crippen LogP contribution in [0.15, 0.2) is 18.2 Å². The molecule has 2 rings (SSSR count). The number of nitrogens with zero attached hydrogens (tertiary/aromatic N) is 2. The molecule has 0 spiro atoms. The largest absolute Gasteiger partial charge is 0.493 e. The summed E-state index contributed by atoms with van der Waals surface area (Å²) in [7, 11) is 1.47. The van der Waals surface area contributed by atoms with Crippen molar-refractivity contribution >= 4 is 5.97 Å². The molecule has 0 saturated carbocycles. The second-order valence-electron chi connectivity index (χ2n) is 4.89. The molecular weight excluding hydrogens is 284 g/mol. The van der Waals surface area contributed by atoms with E-state index in [-0.39, 0.29) is 12.2 Å². The van der Waals surface area contributed by atoms with Crippen molar-refractivity contribution in [2.75, 3.05) is 7.11 Å². The number of methoxy groups -OCH3 is 1. The number of carboxylic acids is 1. The molecule has 0 radical (unpaired) electrons. The van der Waals surface area contributed by atoms with Crippen molar-refractivity contribution in [3.05, 3.63) is 46.5 Å². The summed E-state index contributed by atoms with van der Waals surface area (Å²) >= 11 is 0. The van der Waals surface area contributed by atoms with E-state index in [4.69, 9.17) is 14.6 Å². The van der Waals surface area contributed by atoms with Crippen molar-refractivity contribution in [3.8, 4) is 11.5 Å². The Morgan fingerprint density at radius 2 is 1.77 bits per heavy atom. The second-order valence-corrected chi connectivity index (χ2v) is 4.89. The Balaban J connectivity index is 2.21. The van der Waals surface area contributed by atoms with Gasteiger partial charge in [0.25, 0.3) is 0 Å². The van der Waals surface area contributed by atoms with Gasteiger partial charge in [-0.25, -0.2) is 4.79 Å². The van der Waals surface area contributed by atoms with Crippen LogP contribution in [0.1, 0.15) is 33.1 Å². The fraction of sp³-hybridized carbons (Fsp3) is 0.312. The van der Waals surface area contributed by atoms with Crippen molar-refractivity contribution in [2.45, 2.75) is 27.4 Å². The number of ether oxygens (including phenoxy) is 2. The van der Waals surface area contributed by atoms with Crippen LogP contribution in [-0.2, 0) is 6.61 Å². The van der Waals surface area contributed by atoms with Crippen molar-refractivity contribution in [1.29, 1.82) is 0 Å². The number of aromatic nitrogens is 2. The van der Waals surface area contributed by atoms with Crippen molar-refractivity contribution in [1.82, 2.24) is 9.97 Å². The summed E-state index contributed by atoms with van der Waals surface area (Å²) in [5, 5.41) is 8.98. The molecule has 0 aliphatic rings. The summed E-state index contributed by atoms with van der Waals surface area (Å²) in [4.78, 5) is 19.8. The Labute approximate surface area is 128 Å². The number of aryl methyl sites for hydroxylation is 3. The fourth-order valence-electron chi connectivity index (χ4n) is 1.96. The predicted molar refractivity (Wildman–Crippen MR) is 80.5 cm³/mol. The SMILES string of the molecule is COc1cc(C(=O)O)ccc1OCc1nc(C)c(C)nc1C. The molecule has 0 fully saturated rings. The van der Waals surface area contributed by atoms with Gasteiger partial charge in [0, 0.05) is 0 Å². The number of aromatic carboxylic acids is 1. The zero-order valence-corrected chi connectivity index (χ0v) is 13.0. The highest BCUT2D eigenvalue weighted by molar-refractivity contribution is 5.88. The van der Waals surface area contributed by atoms with Crippen LogP contribution in [0.4, 0.5) is 0 Å². The van der Waals surface area contributed by atoms with Gasteiger partial charge >= 0.3 is 5.97 Å². The van der Waals surface area contributed by atoms with Gasteiger partial charge in [0.05, 0.1) is 35.4 Å². The smallest absolute Gasteiger partial charge is 0.335 e. The van der Waals surface area contributed by atoms with Crippen LogP contribution in [-0.4, -0.2) is 28.2 Å². The minimum absolute atomic E-state index is 0.145. The Bertz CT molecular complexity index is 714. The predicted octanol–water partition coefficient (Wildman–Crippen LogP) is 2.69. The van der Waals surface area contributed by atoms with Crippen LogP contribution in [0.3, 0.4) is 0 Å². The van der Waals surface area contributed by atoms with E-state index in [9.17, 15) is 4.79 Å². The van der Waals surface area contributed by atoms with Gasteiger partial charge in [-0.3, -0.25) is 9.97 Å². The lowest BCUT2D eigenvalue weighted by atomic mass is 10.2. The van der Waals surface area contributed by atoms with Gasteiger partial charge in [0.15, 0.2) is 11.5 Å². The minimum atomic E-state index is -1.01. The Hall–Kier alpha value is -2.63. The molecule has 22 heavy (non-hydrogen) atoms. The first-order chi connectivity index (χ1) is 10.4. The molecule has 1 N–H and O–H groups in total. The van der Waals surface area contributed by atoms with E-state index in [2.05, 4.69) is 9.97 Å². The second kappa shape index (κ2) is 6.43. The highest BCUT2D eigenvalue weighted by Gasteiger charge is 2.12. The first kappa shape index (κ1) is 15.8. The van der Waals surface area contributed by atoms with Gasteiger partial charge in [-0.1, -0.05) is 0 Å². The monoisotopic (exact) mass is 302 g/mol. The third-order valence-corrected chi connectivity index (χ3v) is 3.35. The highest BCUT2D eigenvalue weighted by Crippen LogP contribution is 2.29. The standard InChI is InChI=1S/C16H18N2O4/c1-9-10(2)18-13(11(3)17-9)8-22-14-6-5-12(16(19)20)7-15(14)21-4/h5-7H,8H2,1-4H3,(H,19,20). The van der Waals surface area contributed by atoms with Crippen LogP contribution < -0.4 is 9.47 Å². The van der Waals surface area contributed by atoms with Crippen LogP contribution in [0, 0.1) is 20.8 Å². The molecule has 2 aromatic rings. The Morgan fingerprint density at radius 1 is 1.09 bits per heavy atom. The number of benzene rings is 1. The van der Waals surface area contributed by atoms with Crippen molar-refractivity contribution in [3.63, 3.8) is 0 Å². The lowest BCUT2D eigenvalue weighted by Crippen LogP contribution is -2.07. The minimum Gasteiger partial charge on any atom is -0.493 e. The highest BCUT2D eigenvalue weighted by atomic mass is 16.5. The number of carboxylic acid groups (broad SMARTS) is 1. The van der Waals surface area contributed by atoms with E-state index in [1.54, 1.807) is 6.07 Å². The van der Waals surface area contributed by atoms with Gasteiger partial charge in [-0.15, -0.1) is 0 Å². The molecule has 0 aliphatic heterocycles. The van der Waals surface area contributed by atoms with Crippen LogP contribution >= 0.6 is 0 Å². The molecule has 6 nitrogen and oxygen atoms in total. The summed E-state index contributed by atoms with van der Waals surface area (Å²) in [6.45, 7) is 5.92. The first-order valence-electron chi connectivity index (χ1n) is 6.77. The molecular formula is C16H18N2O4. The first-order valence-corrected chi connectivity index (χ1v) is 6.77. The van der Waals surface area contributed by atoms with E-state index in [1.165, 1.54) is 19.2 Å². The molecule has 0 unspecified atom stereocenters. The summed E-state index contributed by atoms with van der Waals surface area (Å²) in [6, 6.07) is 4.47. The normalized spacial score (nSPS) is 10.4. The average molecular weight is 302 g/mol. The van der Waals surface area contributed by atoms with E-state index in [1.807, 2.05) is 20.8 Å². The molecule has 1 heterocycles. The van der Waals surface area contributed by atoms with Crippen molar-refractivity contribution in [2.24, 2.45) is 0 Å². The lowest BCUT2D eigenvalue weighted by Gasteiger charge is -2.12. The lowest BCUT2D eigenvalue weighted by molar-refractivity contribution is 0.0696. The Morgan fingerprint density at radius 3 is 2.41 bits per heavy atom. The molecule has 0 atom stereocenters. The zero-order chi connectivity index (χ0) is 16.3. The quantitative estimate of drug-likeness (QED) is 0.914. The van der Waals surface area contributed by atoms with Gasteiger partial charge in [-0.05, 0) is 39.0 Å². The van der Waals surface area contributed by atoms with Gasteiger partial charge < -0.3 is 14.6 Å². The third kappa shape index (κ3) is 3.33. The van der Waals surface area contributed by atoms with Crippen LogP contribution in [0.2, 0.25) is 0 Å². The molecule has 1 aromatic heterocycles. The number of hydrogen-bond acceptors (Lipinski definition) is 5. The van der Waals surface area contributed by atoms with Gasteiger partial charge in [0.2, 0.25) is 0 Å². The number of rotatable bonds is 5. The molecule has 6 heteroatoms.